The van der Waals surface area contributed by atoms with Crippen molar-refractivity contribution in [2.45, 2.75) is 0 Å². The van der Waals surface area contributed by atoms with Gasteiger partial charge in [0, 0.05) is 18.8 Å². The van der Waals surface area contributed by atoms with E-state index in [0.29, 0.717) is 5.56 Å². The first-order valence-corrected chi connectivity index (χ1v) is 4.89. The molecule has 2 aromatic rings. The number of carbonyl (C=O) groups is 1. The fourth-order valence-corrected chi connectivity index (χ4v) is 1.58. The Morgan fingerprint density at radius 2 is 2.19 bits per heavy atom. The predicted molar refractivity (Wildman–Crippen MR) is 60.0 cm³/mol. The minimum atomic E-state index is -0.330. The third-order valence-corrected chi connectivity index (χ3v) is 2.40. The molecule has 0 fully saturated rings. The molecule has 2 rings (SSSR count). The van der Waals surface area contributed by atoms with Crippen molar-refractivity contribution in [3.63, 3.8) is 0 Å². The van der Waals surface area contributed by atoms with E-state index in [4.69, 9.17) is 0 Å². The van der Waals surface area contributed by atoms with Crippen LogP contribution in [-0.4, -0.2) is 22.9 Å². The Labute approximate surface area is 93.5 Å². The standard InChI is InChI=1S/C12H12N2O2/c1-14-11(6-7-13-14)9-4-3-5-10(8-9)12(15)16-2/h3-8H,1-2H3. The van der Waals surface area contributed by atoms with Crippen LogP contribution in [0.15, 0.2) is 36.5 Å². The van der Waals surface area contributed by atoms with Gasteiger partial charge >= 0.3 is 5.97 Å². The molecular formula is C12H12N2O2. The Bertz CT molecular complexity index is 517. The van der Waals surface area contributed by atoms with E-state index in [1.54, 1.807) is 23.0 Å². The topological polar surface area (TPSA) is 44.1 Å². The number of hydrogen-bond donors (Lipinski definition) is 0. The third-order valence-electron chi connectivity index (χ3n) is 2.40. The molecule has 0 unspecified atom stereocenters. The van der Waals surface area contributed by atoms with Crippen LogP contribution in [0.1, 0.15) is 10.4 Å². The number of ether oxygens (including phenoxy) is 1. The number of carbonyl (C=O) groups excluding carboxylic acids is 1. The molecule has 16 heavy (non-hydrogen) atoms. The summed E-state index contributed by atoms with van der Waals surface area (Å²) in [6.45, 7) is 0. The summed E-state index contributed by atoms with van der Waals surface area (Å²) >= 11 is 0. The molecule has 4 nitrogen and oxygen atoms in total. The molecule has 1 aromatic heterocycles. The van der Waals surface area contributed by atoms with Gasteiger partial charge in [-0.15, -0.1) is 0 Å². The quantitative estimate of drug-likeness (QED) is 0.720. The minimum Gasteiger partial charge on any atom is -0.465 e. The highest BCUT2D eigenvalue weighted by atomic mass is 16.5. The summed E-state index contributed by atoms with van der Waals surface area (Å²) in [7, 11) is 3.24. The van der Waals surface area contributed by atoms with Gasteiger partial charge in [0.15, 0.2) is 0 Å². The molecule has 4 heteroatoms. The van der Waals surface area contributed by atoms with E-state index in [2.05, 4.69) is 9.84 Å². The smallest absolute Gasteiger partial charge is 0.337 e. The maximum atomic E-state index is 11.4. The van der Waals surface area contributed by atoms with Crippen LogP contribution in [0.4, 0.5) is 0 Å². The second-order valence-electron chi connectivity index (χ2n) is 3.41. The van der Waals surface area contributed by atoms with Crippen molar-refractivity contribution >= 4 is 5.97 Å². The number of esters is 1. The molecule has 1 heterocycles. The summed E-state index contributed by atoms with van der Waals surface area (Å²) in [6.07, 6.45) is 1.72. The van der Waals surface area contributed by atoms with Gasteiger partial charge in [-0.3, -0.25) is 4.68 Å². The third kappa shape index (κ3) is 1.82. The van der Waals surface area contributed by atoms with Gasteiger partial charge in [-0.05, 0) is 18.2 Å². The molecular weight excluding hydrogens is 204 g/mol. The fourth-order valence-electron chi connectivity index (χ4n) is 1.58. The Morgan fingerprint density at radius 1 is 1.38 bits per heavy atom. The monoisotopic (exact) mass is 216 g/mol. The van der Waals surface area contributed by atoms with Gasteiger partial charge in [-0.2, -0.15) is 5.10 Å². The number of aryl methyl sites for hydroxylation is 1. The highest BCUT2D eigenvalue weighted by Crippen LogP contribution is 2.19. The predicted octanol–water partition coefficient (Wildman–Crippen LogP) is 1.87. The highest BCUT2D eigenvalue weighted by Gasteiger charge is 2.08. The summed E-state index contributed by atoms with van der Waals surface area (Å²) in [4.78, 5) is 11.4. The molecule has 0 radical (unpaired) electrons. The molecule has 0 aliphatic heterocycles. The van der Waals surface area contributed by atoms with Crippen molar-refractivity contribution in [1.82, 2.24) is 9.78 Å². The van der Waals surface area contributed by atoms with Crippen LogP contribution in [0.2, 0.25) is 0 Å². The summed E-state index contributed by atoms with van der Waals surface area (Å²) in [5.41, 5.74) is 2.45. The maximum Gasteiger partial charge on any atom is 0.337 e. The van der Waals surface area contributed by atoms with E-state index < -0.39 is 0 Å². The number of rotatable bonds is 2. The largest absolute Gasteiger partial charge is 0.465 e. The molecule has 0 spiro atoms. The SMILES string of the molecule is COC(=O)c1cccc(-c2ccnn2C)c1. The van der Waals surface area contributed by atoms with Gasteiger partial charge in [0.05, 0.1) is 18.4 Å². The molecule has 0 aliphatic rings. The Hall–Kier alpha value is -2.10. The van der Waals surface area contributed by atoms with Gasteiger partial charge in [0.2, 0.25) is 0 Å². The molecule has 1 aromatic carbocycles. The number of methoxy groups -OCH3 is 1. The van der Waals surface area contributed by atoms with Gasteiger partial charge in [-0.25, -0.2) is 4.79 Å². The number of nitrogens with zero attached hydrogens (tertiary/aromatic N) is 2. The van der Waals surface area contributed by atoms with E-state index in [-0.39, 0.29) is 5.97 Å². The summed E-state index contributed by atoms with van der Waals surface area (Å²) in [5, 5.41) is 4.09. The molecule has 0 atom stereocenters. The zero-order valence-corrected chi connectivity index (χ0v) is 9.18. The van der Waals surface area contributed by atoms with Crippen molar-refractivity contribution in [2.24, 2.45) is 7.05 Å². The number of benzene rings is 1. The molecule has 0 saturated heterocycles. The first kappa shape index (κ1) is 10.4. The van der Waals surface area contributed by atoms with Crippen molar-refractivity contribution in [3.8, 4) is 11.3 Å². The second-order valence-corrected chi connectivity index (χ2v) is 3.41. The van der Waals surface area contributed by atoms with Crippen molar-refractivity contribution in [1.29, 1.82) is 0 Å². The van der Waals surface area contributed by atoms with Crippen LogP contribution in [0.25, 0.3) is 11.3 Å². The van der Waals surface area contributed by atoms with E-state index >= 15 is 0 Å². The zero-order chi connectivity index (χ0) is 11.5. The first-order chi connectivity index (χ1) is 7.72. The summed E-state index contributed by atoms with van der Waals surface area (Å²) in [5.74, 6) is -0.330. The van der Waals surface area contributed by atoms with E-state index in [0.717, 1.165) is 11.3 Å². The zero-order valence-electron chi connectivity index (χ0n) is 9.18. The number of hydrogen-bond acceptors (Lipinski definition) is 3. The fraction of sp³-hybridized carbons (Fsp3) is 0.167. The summed E-state index contributed by atoms with van der Waals surface area (Å²) in [6, 6.07) is 9.18. The van der Waals surface area contributed by atoms with Crippen molar-refractivity contribution in [2.75, 3.05) is 7.11 Å². The van der Waals surface area contributed by atoms with Gasteiger partial charge in [0.1, 0.15) is 0 Å². The lowest BCUT2D eigenvalue weighted by molar-refractivity contribution is 0.0601. The van der Waals surface area contributed by atoms with Crippen LogP contribution >= 0.6 is 0 Å². The highest BCUT2D eigenvalue weighted by molar-refractivity contribution is 5.90. The average molecular weight is 216 g/mol. The van der Waals surface area contributed by atoms with Gasteiger partial charge in [0.25, 0.3) is 0 Å². The maximum absolute atomic E-state index is 11.4. The normalized spacial score (nSPS) is 10.1. The van der Waals surface area contributed by atoms with Gasteiger partial charge < -0.3 is 4.74 Å². The molecule has 0 bridgehead atoms. The van der Waals surface area contributed by atoms with E-state index in [9.17, 15) is 4.79 Å². The van der Waals surface area contributed by atoms with E-state index in [1.807, 2.05) is 25.2 Å². The average Bonchev–Trinajstić information content (AvgIpc) is 2.74. The Kier molecular flexibility index (Phi) is 2.72. The molecule has 82 valence electrons. The first-order valence-electron chi connectivity index (χ1n) is 4.89. The molecule has 0 N–H and O–H groups in total. The van der Waals surface area contributed by atoms with Crippen LogP contribution in [-0.2, 0) is 11.8 Å². The van der Waals surface area contributed by atoms with Gasteiger partial charge in [-0.1, -0.05) is 12.1 Å². The van der Waals surface area contributed by atoms with Crippen LogP contribution in [0, 0.1) is 0 Å². The lowest BCUT2D eigenvalue weighted by Crippen LogP contribution is -2.01. The Morgan fingerprint density at radius 3 is 2.81 bits per heavy atom. The minimum absolute atomic E-state index is 0.330. The Balaban J connectivity index is 2.44. The van der Waals surface area contributed by atoms with Crippen molar-refractivity contribution < 1.29 is 9.53 Å². The van der Waals surface area contributed by atoms with Crippen LogP contribution in [0.3, 0.4) is 0 Å². The molecule has 0 saturated carbocycles. The van der Waals surface area contributed by atoms with Crippen LogP contribution in [0.5, 0.6) is 0 Å². The second kappa shape index (κ2) is 4.18. The van der Waals surface area contributed by atoms with Crippen LogP contribution < -0.4 is 0 Å². The number of aromatic nitrogens is 2. The lowest BCUT2D eigenvalue weighted by atomic mass is 10.1. The van der Waals surface area contributed by atoms with E-state index in [1.165, 1.54) is 7.11 Å². The molecule has 0 aliphatic carbocycles. The molecule has 0 amide bonds. The van der Waals surface area contributed by atoms with Crippen molar-refractivity contribution in [3.05, 3.63) is 42.1 Å². The summed E-state index contributed by atoms with van der Waals surface area (Å²) < 4.78 is 6.44. The lowest BCUT2D eigenvalue weighted by Gasteiger charge is -2.04.